The lowest BCUT2D eigenvalue weighted by Crippen LogP contribution is -2.43. The van der Waals surface area contributed by atoms with E-state index < -0.39 is 6.04 Å². The van der Waals surface area contributed by atoms with Crippen molar-refractivity contribution in [3.8, 4) is 0 Å². The molecule has 0 radical (unpaired) electrons. The Morgan fingerprint density at radius 2 is 2.13 bits per heavy atom. The summed E-state index contributed by atoms with van der Waals surface area (Å²) in [5.41, 5.74) is 5.70. The van der Waals surface area contributed by atoms with Crippen molar-refractivity contribution in [2.75, 3.05) is 13.2 Å². The standard InChI is InChI=1S/C11H22N2O2/c1-8(2)5-9(12)10(15)13-6-11(7-14)3-4-11/h8-9,14H,3-7,12H2,1-2H3,(H,13,15)/t9-/m0/s1. The SMILES string of the molecule is CC(C)C[C@H](N)C(=O)NCC1(CO)CC1. The molecule has 0 heterocycles. The molecule has 1 fully saturated rings. The van der Waals surface area contributed by atoms with Gasteiger partial charge in [-0.1, -0.05) is 13.8 Å². The molecular formula is C11H22N2O2. The summed E-state index contributed by atoms with van der Waals surface area (Å²) in [6, 6.07) is -0.417. The molecule has 0 unspecified atom stereocenters. The van der Waals surface area contributed by atoms with Crippen LogP contribution in [0, 0.1) is 11.3 Å². The van der Waals surface area contributed by atoms with E-state index in [1.807, 2.05) is 13.8 Å². The molecule has 15 heavy (non-hydrogen) atoms. The van der Waals surface area contributed by atoms with Gasteiger partial charge in [-0.15, -0.1) is 0 Å². The third-order valence-electron chi connectivity index (χ3n) is 2.99. The first kappa shape index (κ1) is 12.5. The Balaban J connectivity index is 2.23. The topological polar surface area (TPSA) is 75.4 Å². The molecule has 1 aliphatic carbocycles. The lowest BCUT2D eigenvalue weighted by atomic mass is 10.0. The summed E-state index contributed by atoms with van der Waals surface area (Å²) in [5.74, 6) is 0.335. The highest BCUT2D eigenvalue weighted by Crippen LogP contribution is 2.44. The summed E-state index contributed by atoms with van der Waals surface area (Å²) < 4.78 is 0. The Morgan fingerprint density at radius 1 is 1.53 bits per heavy atom. The molecule has 4 nitrogen and oxygen atoms in total. The fraction of sp³-hybridized carbons (Fsp3) is 0.909. The summed E-state index contributed by atoms with van der Waals surface area (Å²) in [6.45, 7) is 4.81. The lowest BCUT2D eigenvalue weighted by Gasteiger charge is -2.17. The van der Waals surface area contributed by atoms with Crippen LogP contribution in [0.3, 0.4) is 0 Å². The molecule has 4 N–H and O–H groups in total. The van der Waals surface area contributed by atoms with Crippen LogP contribution in [0.5, 0.6) is 0 Å². The number of aliphatic hydroxyl groups is 1. The highest BCUT2D eigenvalue weighted by molar-refractivity contribution is 5.81. The zero-order valence-corrected chi connectivity index (χ0v) is 9.62. The second-order valence-electron chi connectivity index (χ2n) is 5.11. The molecule has 88 valence electrons. The maximum absolute atomic E-state index is 11.6. The predicted octanol–water partition coefficient (Wildman–Crippen LogP) is 0.249. The van der Waals surface area contributed by atoms with Gasteiger partial charge in [0.15, 0.2) is 0 Å². The van der Waals surface area contributed by atoms with Gasteiger partial charge in [0, 0.05) is 12.0 Å². The van der Waals surface area contributed by atoms with Gasteiger partial charge in [0.2, 0.25) is 5.91 Å². The van der Waals surface area contributed by atoms with Crippen molar-refractivity contribution >= 4 is 5.91 Å². The Bertz CT molecular complexity index is 225. The van der Waals surface area contributed by atoms with Crippen molar-refractivity contribution in [1.82, 2.24) is 5.32 Å². The van der Waals surface area contributed by atoms with Crippen molar-refractivity contribution in [1.29, 1.82) is 0 Å². The number of nitrogens with two attached hydrogens (primary N) is 1. The minimum atomic E-state index is -0.417. The molecule has 0 aromatic carbocycles. The number of hydrogen-bond acceptors (Lipinski definition) is 3. The molecular weight excluding hydrogens is 192 g/mol. The van der Waals surface area contributed by atoms with Crippen LogP contribution in [-0.2, 0) is 4.79 Å². The lowest BCUT2D eigenvalue weighted by molar-refractivity contribution is -0.123. The van der Waals surface area contributed by atoms with Crippen molar-refractivity contribution in [3.05, 3.63) is 0 Å². The predicted molar refractivity (Wildman–Crippen MR) is 59.2 cm³/mol. The molecule has 0 aromatic rings. The fourth-order valence-electron chi connectivity index (χ4n) is 1.59. The van der Waals surface area contributed by atoms with Crippen LogP contribution in [0.1, 0.15) is 33.1 Å². The van der Waals surface area contributed by atoms with Gasteiger partial charge >= 0.3 is 0 Å². The average Bonchev–Trinajstić information content (AvgIpc) is 2.94. The Hall–Kier alpha value is -0.610. The zero-order valence-electron chi connectivity index (χ0n) is 9.62. The zero-order chi connectivity index (χ0) is 11.5. The van der Waals surface area contributed by atoms with E-state index in [9.17, 15) is 4.79 Å². The van der Waals surface area contributed by atoms with Crippen LogP contribution in [-0.4, -0.2) is 30.2 Å². The second kappa shape index (κ2) is 4.94. The Labute approximate surface area is 91.2 Å². The second-order valence-corrected chi connectivity index (χ2v) is 5.11. The third kappa shape index (κ3) is 3.80. The summed E-state index contributed by atoms with van der Waals surface area (Å²) in [4.78, 5) is 11.6. The molecule has 0 saturated heterocycles. The molecule has 0 aliphatic heterocycles. The quantitative estimate of drug-likeness (QED) is 0.593. The van der Waals surface area contributed by atoms with Crippen molar-refractivity contribution in [2.45, 2.75) is 39.2 Å². The van der Waals surface area contributed by atoms with Crippen LogP contribution in [0.2, 0.25) is 0 Å². The van der Waals surface area contributed by atoms with Gasteiger partial charge in [-0.3, -0.25) is 4.79 Å². The molecule has 1 atom stereocenters. The van der Waals surface area contributed by atoms with Gasteiger partial charge in [0.05, 0.1) is 12.6 Å². The van der Waals surface area contributed by atoms with Gasteiger partial charge in [0.1, 0.15) is 0 Å². The monoisotopic (exact) mass is 214 g/mol. The largest absolute Gasteiger partial charge is 0.396 e. The number of nitrogens with one attached hydrogen (secondary N) is 1. The molecule has 0 bridgehead atoms. The molecule has 4 heteroatoms. The normalized spacial score (nSPS) is 20.1. The molecule has 0 aromatic heterocycles. The molecule has 0 spiro atoms. The first-order valence-electron chi connectivity index (χ1n) is 5.63. The van der Waals surface area contributed by atoms with Gasteiger partial charge in [-0.05, 0) is 25.2 Å². The first-order valence-corrected chi connectivity index (χ1v) is 5.63. The third-order valence-corrected chi connectivity index (χ3v) is 2.99. The van der Waals surface area contributed by atoms with E-state index in [1.165, 1.54) is 0 Å². The van der Waals surface area contributed by atoms with E-state index in [1.54, 1.807) is 0 Å². The van der Waals surface area contributed by atoms with Gasteiger partial charge in [0.25, 0.3) is 0 Å². The smallest absolute Gasteiger partial charge is 0.236 e. The van der Waals surface area contributed by atoms with E-state index in [-0.39, 0.29) is 17.9 Å². The van der Waals surface area contributed by atoms with Gasteiger partial charge < -0.3 is 16.2 Å². The van der Waals surface area contributed by atoms with Crippen molar-refractivity contribution < 1.29 is 9.90 Å². The first-order chi connectivity index (χ1) is 6.99. The molecule has 1 aliphatic rings. The van der Waals surface area contributed by atoms with E-state index >= 15 is 0 Å². The summed E-state index contributed by atoms with van der Waals surface area (Å²) in [5, 5.41) is 11.9. The highest BCUT2D eigenvalue weighted by atomic mass is 16.3. The average molecular weight is 214 g/mol. The molecule has 1 saturated carbocycles. The van der Waals surface area contributed by atoms with E-state index in [4.69, 9.17) is 10.8 Å². The highest BCUT2D eigenvalue weighted by Gasteiger charge is 2.42. The molecule has 1 rings (SSSR count). The Morgan fingerprint density at radius 3 is 2.53 bits per heavy atom. The van der Waals surface area contributed by atoms with Gasteiger partial charge in [-0.2, -0.15) is 0 Å². The van der Waals surface area contributed by atoms with Crippen LogP contribution in [0.25, 0.3) is 0 Å². The number of aliphatic hydroxyl groups excluding tert-OH is 1. The number of rotatable bonds is 6. The van der Waals surface area contributed by atoms with Crippen molar-refractivity contribution in [3.63, 3.8) is 0 Å². The Kier molecular flexibility index (Phi) is 4.11. The minimum absolute atomic E-state index is 0.0345. The van der Waals surface area contributed by atoms with E-state index in [0.29, 0.717) is 18.9 Å². The van der Waals surface area contributed by atoms with Gasteiger partial charge in [-0.25, -0.2) is 0 Å². The van der Waals surface area contributed by atoms with Crippen molar-refractivity contribution in [2.24, 2.45) is 17.1 Å². The summed E-state index contributed by atoms with van der Waals surface area (Å²) in [7, 11) is 0. The maximum Gasteiger partial charge on any atom is 0.236 e. The number of carbonyl (C=O) groups is 1. The van der Waals surface area contributed by atoms with Crippen LogP contribution in [0.4, 0.5) is 0 Å². The van der Waals surface area contributed by atoms with Crippen LogP contribution in [0.15, 0.2) is 0 Å². The van der Waals surface area contributed by atoms with E-state index in [2.05, 4.69) is 5.32 Å². The fourth-order valence-corrected chi connectivity index (χ4v) is 1.59. The van der Waals surface area contributed by atoms with Crippen LogP contribution >= 0.6 is 0 Å². The number of hydrogen-bond donors (Lipinski definition) is 3. The number of carbonyl (C=O) groups excluding carboxylic acids is 1. The summed E-state index contributed by atoms with van der Waals surface area (Å²) >= 11 is 0. The van der Waals surface area contributed by atoms with Crippen LogP contribution < -0.4 is 11.1 Å². The van der Waals surface area contributed by atoms with E-state index in [0.717, 1.165) is 12.8 Å². The summed E-state index contributed by atoms with van der Waals surface area (Å²) in [6.07, 6.45) is 2.71. The molecule has 1 amide bonds. The number of amides is 1. The maximum atomic E-state index is 11.6. The minimum Gasteiger partial charge on any atom is -0.396 e.